The molecule has 0 unspecified atom stereocenters. The summed E-state index contributed by atoms with van der Waals surface area (Å²) in [5.74, 6) is -0.884. The minimum absolute atomic E-state index is 0.0948. The van der Waals surface area contributed by atoms with Crippen molar-refractivity contribution in [3.05, 3.63) is 12.2 Å². The molecule has 0 saturated carbocycles. The van der Waals surface area contributed by atoms with Gasteiger partial charge in [-0.2, -0.15) is 0 Å². The SMILES string of the molecule is CCN(C/C=C/C(=O)O)C(C)(C)C. The van der Waals surface area contributed by atoms with Crippen molar-refractivity contribution in [3.63, 3.8) is 0 Å². The standard InChI is InChI=1S/C10H19NO2/c1-5-11(10(2,3)4)8-6-7-9(12)13/h6-7H,5,8H2,1-4H3,(H,12,13)/b7-6+. The lowest BCUT2D eigenvalue weighted by Crippen LogP contribution is -2.41. The van der Waals surface area contributed by atoms with Crippen molar-refractivity contribution in [2.75, 3.05) is 13.1 Å². The van der Waals surface area contributed by atoms with Crippen LogP contribution in [0.15, 0.2) is 12.2 Å². The van der Waals surface area contributed by atoms with Gasteiger partial charge < -0.3 is 5.11 Å². The molecule has 13 heavy (non-hydrogen) atoms. The predicted molar refractivity (Wildman–Crippen MR) is 53.8 cm³/mol. The Morgan fingerprint density at radius 2 is 2.00 bits per heavy atom. The van der Waals surface area contributed by atoms with Crippen LogP contribution in [-0.2, 0) is 4.79 Å². The van der Waals surface area contributed by atoms with Gasteiger partial charge in [0.2, 0.25) is 0 Å². The number of carboxylic acid groups (broad SMARTS) is 1. The van der Waals surface area contributed by atoms with Crippen LogP contribution in [0.25, 0.3) is 0 Å². The van der Waals surface area contributed by atoms with E-state index in [9.17, 15) is 4.79 Å². The summed E-state index contributed by atoms with van der Waals surface area (Å²) < 4.78 is 0. The van der Waals surface area contributed by atoms with Crippen molar-refractivity contribution < 1.29 is 9.90 Å². The third-order valence-corrected chi connectivity index (χ3v) is 1.92. The quantitative estimate of drug-likeness (QED) is 0.678. The number of carbonyl (C=O) groups is 1. The highest BCUT2D eigenvalue weighted by Gasteiger charge is 2.17. The largest absolute Gasteiger partial charge is 0.478 e. The fraction of sp³-hybridized carbons (Fsp3) is 0.700. The molecule has 1 N–H and O–H groups in total. The number of rotatable bonds is 4. The van der Waals surface area contributed by atoms with Crippen molar-refractivity contribution in [1.29, 1.82) is 0 Å². The van der Waals surface area contributed by atoms with Crippen LogP contribution in [0.2, 0.25) is 0 Å². The van der Waals surface area contributed by atoms with E-state index in [-0.39, 0.29) is 5.54 Å². The Labute approximate surface area is 80.0 Å². The minimum Gasteiger partial charge on any atom is -0.478 e. The lowest BCUT2D eigenvalue weighted by Gasteiger charge is -2.33. The summed E-state index contributed by atoms with van der Waals surface area (Å²) in [5, 5.41) is 8.40. The highest BCUT2D eigenvalue weighted by molar-refractivity contribution is 5.79. The van der Waals surface area contributed by atoms with Crippen LogP contribution >= 0.6 is 0 Å². The molecule has 0 aromatic rings. The highest BCUT2D eigenvalue weighted by atomic mass is 16.4. The van der Waals surface area contributed by atoms with Gasteiger partial charge in [0.1, 0.15) is 0 Å². The minimum atomic E-state index is -0.884. The molecule has 76 valence electrons. The van der Waals surface area contributed by atoms with Crippen LogP contribution < -0.4 is 0 Å². The van der Waals surface area contributed by atoms with E-state index in [2.05, 4.69) is 32.6 Å². The van der Waals surface area contributed by atoms with Crippen LogP contribution in [0, 0.1) is 0 Å². The smallest absolute Gasteiger partial charge is 0.328 e. The molecule has 0 amide bonds. The van der Waals surface area contributed by atoms with Gasteiger partial charge in [-0.15, -0.1) is 0 Å². The molecule has 0 aliphatic carbocycles. The predicted octanol–water partition coefficient (Wildman–Crippen LogP) is 1.75. The molecule has 0 aromatic heterocycles. The van der Waals surface area contributed by atoms with E-state index >= 15 is 0 Å². The van der Waals surface area contributed by atoms with Gasteiger partial charge in [-0.25, -0.2) is 4.79 Å². The molecular formula is C10H19NO2. The number of aliphatic carboxylic acids is 1. The van der Waals surface area contributed by atoms with E-state index < -0.39 is 5.97 Å². The summed E-state index contributed by atoms with van der Waals surface area (Å²) >= 11 is 0. The summed E-state index contributed by atoms with van der Waals surface area (Å²) in [6.07, 6.45) is 2.87. The van der Waals surface area contributed by atoms with Crippen LogP contribution in [0.3, 0.4) is 0 Å². The normalized spacial score (nSPS) is 12.7. The van der Waals surface area contributed by atoms with Gasteiger partial charge in [-0.3, -0.25) is 4.90 Å². The molecule has 3 heteroatoms. The van der Waals surface area contributed by atoms with Gasteiger partial charge in [-0.1, -0.05) is 13.0 Å². The molecule has 3 nitrogen and oxygen atoms in total. The third kappa shape index (κ3) is 5.42. The Balaban J connectivity index is 4.08. The number of carboxylic acids is 1. The van der Waals surface area contributed by atoms with E-state index in [0.29, 0.717) is 6.54 Å². The Bertz CT molecular complexity index is 192. The summed E-state index contributed by atoms with van der Waals surface area (Å²) in [6.45, 7) is 10.0. The molecule has 0 aliphatic rings. The molecule has 0 aliphatic heterocycles. The van der Waals surface area contributed by atoms with Crippen LogP contribution in [0.1, 0.15) is 27.7 Å². The zero-order valence-corrected chi connectivity index (χ0v) is 8.87. The first-order chi connectivity index (χ1) is 5.88. The second-order valence-electron chi connectivity index (χ2n) is 3.95. The van der Waals surface area contributed by atoms with Gasteiger partial charge >= 0.3 is 5.97 Å². The topological polar surface area (TPSA) is 40.5 Å². The molecule has 0 spiro atoms. The molecule has 0 fully saturated rings. The number of nitrogens with zero attached hydrogens (tertiary/aromatic N) is 1. The summed E-state index contributed by atoms with van der Waals surface area (Å²) in [6, 6.07) is 0. The van der Waals surface area contributed by atoms with Crippen LogP contribution in [0.4, 0.5) is 0 Å². The van der Waals surface area contributed by atoms with E-state index in [1.54, 1.807) is 6.08 Å². The molecule has 0 saturated heterocycles. The molecule has 0 rings (SSSR count). The van der Waals surface area contributed by atoms with Crippen molar-refractivity contribution in [3.8, 4) is 0 Å². The Morgan fingerprint density at radius 1 is 1.46 bits per heavy atom. The summed E-state index contributed by atoms with van der Waals surface area (Å²) in [4.78, 5) is 12.4. The second-order valence-corrected chi connectivity index (χ2v) is 3.95. The molecule has 0 atom stereocenters. The van der Waals surface area contributed by atoms with E-state index in [1.165, 1.54) is 6.08 Å². The van der Waals surface area contributed by atoms with Gasteiger partial charge in [-0.05, 0) is 27.3 Å². The molecular weight excluding hydrogens is 166 g/mol. The Hall–Kier alpha value is -0.830. The second kappa shape index (κ2) is 5.02. The average Bonchev–Trinajstić information content (AvgIpc) is 1.95. The zero-order chi connectivity index (χ0) is 10.5. The first-order valence-corrected chi connectivity index (χ1v) is 4.52. The van der Waals surface area contributed by atoms with Crippen molar-refractivity contribution in [2.45, 2.75) is 33.2 Å². The van der Waals surface area contributed by atoms with Crippen molar-refractivity contribution >= 4 is 5.97 Å². The monoisotopic (exact) mass is 185 g/mol. The number of likely N-dealkylation sites (N-methyl/N-ethyl adjacent to an activating group) is 1. The molecule has 0 radical (unpaired) electrons. The summed E-state index contributed by atoms with van der Waals surface area (Å²) in [7, 11) is 0. The maximum Gasteiger partial charge on any atom is 0.328 e. The average molecular weight is 185 g/mol. The van der Waals surface area contributed by atoms with E-state index in [4.69, 9.17) is 5.11 Å². The fourth-order valence-electron chi connectivity index (χ4n) is 1.16. The molecule has 0 bridgehead atoms. The van der Waals surface area contributed by atoms with Crippen LogP contribution in [0.5, 0.6) is 0 Å². The van der Waals surface area contributed by atoms with Gasteiger partial charge in [0.25, 0.3) is 0 Å². The first-order valence-electron chi connectivity index (χ1n) is 4.52. The van der Waals surface area contributed by atoms with Gasteiger partial charge in [0, 0.05) is 18.2 Å². The highest BCUT2D eigenvalue weighted by Crippen LogP contribution is 2.11. The maximum atomic E-state index is 10.2. The van der Waals surface area contributed by atoms with E-state index in [0.717, 1.165) is 6.54 Å². The lowest BCUT2D eigenvalue weighted by molar-refractivity contribution is -0.131. The molecule has 0 aromatic carbocycles. The van der Waals surface area contributed by atoms with Crippen LogP contribution in [-0.4, -0.2) is 34.6 Å². The Kier molecular flexibility index (Phi) is 4.70. The van der Waals surface area contributed by atoms with Gasteiger partial charge in [0.05, 0.1) is 0 Å². The number of hydrogen-bond donors (Lipinski definition) is 1. The van der Waals surface area contributed by atoms with Crippen molar-refractivity contribution in [1.82, 2.24) is 4.90 Å². The van der Waals surface area contributed by atoms with E-state index in [1.807, 2.05) is 0 Å². The first kappa shape index (κ1) is 12.2. The fourth-order valence-corrected chi connectivity index (χ4v) is 1.16. The summed E-state index contributed by atoms with van der Waals surface area (Å²) in [5.41, 5.74) is 0.0948. The van der Waals surface area contributed by atoms with Crippen molar-refractivity contribution in [2.24, 2.45) is 0 Å². The molecule has 0 heterocycles. The third-order valence-electron chi connectivity index (χ3n) is 1.92. The van der Waals surface area contributed by atoms with Gasteiger partial charge in [0.15, 0.2) is 0 Å². The number of hydrogen-bond acceptors (Lipinski definition) is 2. The maximum absolute atomic E-state index is 10.2. The zero-order valence-electron chi connectivity index (χ0n) is 8.87. The Morgan fingerprint density at radius 3 is 2.31 bits per heavy atom. The lowest BCUT2D eigenvalue weighted by atomic mass is 10.1.